The second-order valence-electron chi connectivity index (χ2n) is 4.40. The van der Waals surface area contributed by atoms with Crippen LogP contribution in [-0.2, 0) is 13.5 Å². The first-order valence-electron chi connectivity index (χ1n) is 5.69. The van der Waals surface area contributed by atoms with Crippen LogP contribution in [0.15, 0.2) is 0 Å². The highest BCUT2D eigenvalue weighted by molar-refractivity contribution is 5.67. The molecule has 4 heteroatoms. The second kappa shape index (κ2) is 3.76. The Bertz CT molecular complexity index is 352. The van der Waals surface area contributed by atoms with E-state index in [9.17, 15) is 0 Å². The summed E-state index contributed by atoms with van der Waals surface area (Å²) in [5.41, 5.74) is 8.04. The van der Waals surface area contributed by atoms with Gasteiger partial charge in [-0.15, -0.1) is 0 Å². The average molecular weight is 208 g/mol. The van der Waals surface area contributed by atoms with Crippen molar-refractivity contribution in [2.24, 2.45) is 7.05 Å². The molecule has 4 nitrogen and oxygen atoms in total. The maximum Gasteiger partial charge on any atom is 0.150 e. The van der Waals surface area contributed by atoms with Gasteiger partial charge in [-0.3, -0.25) is 4.68 Å². The van der Waals surface area contributed by atoms with Crippen molar-refractivity contribution in [2.75, 3.05) is 17.7 Å². The second-order valence-corrected chi connectivity index (χ2v) is 4.40. The Hall–Kier alpha value is -1.19. The minimum atomic E-state index is 0.678. The van der Waals surface area contributed by atoms with Crippen molar-refractivity contribution in [1.82, 2.24) is 9.78 Å². The van der Waals surface area contributed by atoms with Crippen LogP contribution in [0.3, 0.4) is 0 Å². The van der Waals surface area contributed by atoms with Crippen LogP contribution in [0.2, 0.25) is 0 Å². The van der Waals surface area contributed by atoms with Gasteiger partial charge >= 0.3 is 0 Å². The summed E-state index contributed by atoms with van der Waals surface area (Å²) in [5.74, 6) is 1.08. The van der Waals surface area contributed by atoms with Crippen LogP contribution < -0.4 is 10.6 Å². The molecule has 1 heterocycles. The van der Waals surface area contributed by atoms with Crippen molar-refractivity contribution in [3.8, 4) is 0 Å². The van der Waals surface area contributed by atoms with E-state index in [0.717, 1.165) is 30.0 Å². The van der Waals surface area contributed by atoms with E-state index in [-0.39, 0.29) is 0 Å². The number of hydrogen-bond acceptors (Lipinski definition) is 3. The van der Waals surface area contributed by atoms with E-state index in [1.807, 2.05) is 11.7 Å². The molecule has 1 aliphatic carbocycles. The highest BCUT2D eigenvalue weighted by atomic mass is 15.4. The Morgan fingerprint density at radius 3 is 2.73 bits per heavy atom. The summed E-state index contributed by atoms with van der Waals surface area (Å²) in [6, 6.07) is 0.678. The van der Waals surface area contributed by atoms with Gasteiger partial charge in [-0.2, -0.15) is 5.10 Å². The van der Waals surface area contributed by atoms with Crippen LogP contribution in [-0.4, -0.2) is 22.9 Å². The summed E-state index contributed by atoms with van der Waals surface area (Å²) in [6.45, 7) is 2.15. The van der Waals surface area contributed by atoms with E-state index in [0.29, 0.717) is 6.04 Å². The fraction of sp³-hybridized carbons (Fsp3) is 0.727. The lowest BCUT2D eigenvalue weighted by Gasteiger charge is -2.19. The molecule has 1 saturated carbocycles. The fourth-order valence-corrected chi connectivity index (χ4v) is 2.06. The molecule has 0 bridgehead atoms. The third-order valence-corrected chi connectivity index (χ3v) is 3.04. The lowest BCUT2D eigenvalue weighted by atomic mass is 10.2. The number of nitrogens with zero attached hydrogens (tertiary/aromatic N) is 3. The molecule has 0 unspecified atom stereocenters. The largest absolute Gasteiger partial charge is 0.394 e. The Kier molecular flexibility index (Phi) is 2.59. The standard InChI is InChI=1S/C11H20N4/c1-4-5-9-10(12)11(15(3)13-9)14(2)8-6-7-8/h8H,4-7,12H2,1-3H3. The van der Waals surface area contributed by atoms with Crippen LogP contribution >= 0.6 is 0 Å². The lowest BCUT2D eigenvalue weighted by Crippen LogP contribution is -2.23. The molecule has 0 aliphatic heterocycles. The average Bonchev–Trinajstić information content (AvgIpc) is 2.96. The molecule has 1 aromatic heterocycles. The van der Waals surface area contributed by atoms with E-state index in [2.05, 4.69) is 24.0 Å². The third-order valence-electron chi connectivity index (χ3n) is 3.04. The van der Waals surface area contributed by atoms with Crippen molar-refractivity contribution in [3.05, 3.63) is 5.69 Å². The van der Waals surface area contributed by atoms with Crippen LogP contribution in [0, 0.1) is 0 Å². The fourth-order valence-electron chi connectivity index (χ4n) is 2.06. The Labute approximate surface area is 91.1 Å². The first-order chi connectivity index (χ1) is 7.15. The molecule has 1 aliphatic rings. The summed E-state index contributed by atoms with van der Waals surface area (Å²) in [5, 5.41) is 4.48. The predicted molar refractivity (Wildman–Crippen MR) is 63.0 cm³/mol. The van der Waals surface area contributed by atoms with Gasteiger partial charge in [0, 0.05) is 20.1 Å². The number of anilines is 2. The SMILES string of the molecule is CCCc1nn(C)c(N(C)C2CC2)c1N. The Balaban J connectivity index is 2.28. The van der Waals surface area contributed by atoms with Crippen molar-refractivity contribution >= 4 is 11.5 Å². The number of rotatable bonds is 4. The molecule has 0 amide bonds. The van der Waals surface area contributed by atoms with E-state index in [4.69, 9.17) is 5.73 Å². The summed E-state index contributed by atoms with van der Waals surface area (Å²) in [4.78, 5) is 2.27. The maximum absolute atomic E-state index is 6.13. The molecule has 1 aromatic rings. The summed E-state index contributed by atoms with van der Waals surface area (Å²) < 4.78 is 1.92. The first-order valence-corrected chi connectivity index (χ1v) is 5.69. The van der Waals surface area contributed by atoms with E-state index < -0.39 is 0 Å². The van der Waals surface area contributed by atoms with Gasteiger partial charge in [0.2, 0.25) is 0 Å². The summed E-state index contributed by atoms with van der Waals surface area (Å²) in [6.07, 6.45) is 4.63. The molecule has 0 aromatic carbocycles. The van der Waals surface area contributed by atoms with Gasteiger partial charge in [-0.1, -0.05) is 13.3 Å². The molecule has 1 fully saturated rings. The summed E-state index contributed by atoms with van der Waals surface area (Å²) >= 11 is 0. The molecule has 0 spiro atoms. The Morgan fingerprint density at radius 2 is 2.20 bits per heavy atom. The lowest BCUT2D eigenvalue weighted by molar-refractivity contribution is 0.711. The molecule has 84 valence electrons. The number of nitrogens with two attached hydrogens (primary N) is 1. The highest BCUT2D eigenvalue weighted by Crippen LogP contribution is 2.34. The molecule has 2 N–H and O–H groups in total. The van der Waals surface area contributed by atoms with Gasteiger partial charge in [-0.05, 0) is 19.3 Å². The van der Waals surface area contributed by atoms with Gasteiger partial charge in [0.15, 0.2) is 0 Å². The predicted octanol–water partition coefficient (Wildman–Crippen LogP) is 1.55. The molecular weight excluding hydrogens is 188 g/mol. The normalized spacial score (nSPS) is 15.7. The molecule has 2 rings (SSSR count). The van der Waals surface area contributed by atoms with Gasteiger partial charge < -0.3 is 10.6 Å². The van der Waals surface area contributed by atoms with Gasteiger partial charge in [0.05, 0.1) is 11.4 Å². The van der Waals surface area contributed by atoms with Gasteiger partial charge in [-0.25, -0.2) is 0 Å². The zero-order chi connectivity index (χ0) is 11.0. The Morgan fingerprint density at radius 1 is 1.53 bits per heavy atom. The number of aromatic nitrogens is 2. The van der Waals surface area contributed by atoms with Crippen LogP contribution in [0.4, 0.5) is 11.5 Å². The van der Waals surface area contributed by atoms with Crippen molar-refractivity contribution < 1.29 is 0 Å². The van der Waals surface area contributed by atoms with E-state index >= 15 is 0 Å². The molecular formula is C11H20N4. The zero-order valence-electron chi connectivity index (χ0n) is 9.82. The summed E-state index contributed by atoms with van der Waals surface area (Å²) in [7, 11) is 4.09. The number of aryl methyl sites for hydroxylation is 2. The molecule has 0 radical (unpaired) electrons. The molecule has 0 atom stereocenters. The van der Waals surface area contributed by atoms with Crippen molar-refractivity contribution in [2.45, 2.75) is 38.6 Å². The van der Waals surface area contributed by atoms with E-state index in [1.165, 1.54) is 12.8 Å². The number of hydrogen-bond donors (Lipinski definition) is 1. The minimum absolute atomic E-state index is 0.678. The highest BCUT2D eigenvalue weighted by Gasteiger charge is 2.30. The number of nitrogen functional groups attached to an aromatic ring is 1. The smallest absolute Gasteiger partial charge is 0.150 e. The minimum Gasteiger partial charge on any atom is -0.394 e. The quantitative estimate of drug-likeness (QED) is 0.816. The zero-order valence-corrected chi connectivity index (χ0v) is 9.82. The van der Waals surface area contributed by atoms with Crippen LogP contribution in [0.1, 0.15) is 31.9 Å². The van der Waals surface area contributed by atoms with Gasteiger partial charge in [0.25, 0.3) is 0 Å². The van der Waals surface area contributed by atoms with Crippen molar-refractivity contribution in [3.63, 3.8) is 0 Å². The topological polar surface area (TPSA) is 47.1 Å². The maximum atomic E-state index is 6.13. The van der Waals surface area contributed by atoms with Crippen molar-refractivity contribution in [1.29, 1.82) is 0 Å². The monoisotopic (exact) mass is 208 g/mol. The molecule has 15 heavy (non-hydrogen) atoms. The van der Waals surface area contributed by atoms with Crippen LogP contribution in [0.25, 0.3) is 0 Å². The molecule has 0 saturated heterocycles. The van der Waals surface area contributed by atoms with Crippen LogP contribution in [0.5, 0.6) is 0 Å². The first kappa shape index (κ1) is 10.3. The third kappa shape index (κ3) is 1.80. The van der Waals surface area contributed by atoms with E-state index in [1.54, 1.807) is 0 Å². The van der Waals surface area contributed by atoms with Gasteiger partial charge in [0.1, 0.15) is 5.82 Å².